The zero-order valence-corrected chi connectivity index (χ0v) is 16.8. The SMILES string of the molecule is CCOC(=O)C1=C(CN2CCc3ccccc3C2)NC(=O)NC1c1ccc(F)cc1. The number of ether oxygens (including phenoxy) is 1. The average molecular weight is 409 g/mol. The molecular weight excluding hydrogens is 385 g/mol. The highest BCUT2D eigenvalue weighted by molar-refractivity contribution is 5.95. The molecule has 0 saturated heterocycles. The van der Waals surface area contributed by atoms with Crippen molar-refractivity contribution < 1.29 is 18.7 Å². The molecule has 2 heterocycles. The van der Waals surface area contributed by atoms with E-state index in [4.69, 9.17) is 4.74 Å². The van der Waals surface area contributed by atoms with E-state index in [1.54, 1.807) is 19.1 Å². The van der Waals surface area contributed by atoms with Crippen LogP contribution in [-0.4, -0.2) is 36.6 Å². The van der Waals surface area contributed by atoms with E-state index in [0.29, 0.717) is 23.4 Å². The highest BCUT2D eigenvalue weighted by Crippen LogP contribution is 2.29. The lowest BCUT2D eigenvalue weighted by Gasteiger charge is -2.34. The molecule has 0 radical (unpaired) electrons. The lowest BCUT2D eigenvalue weighted by atomic mass is 9.94. The molecule has 2 N–H and O–H groups in total. The van der Waals surface area contributed by atoms with Crippen LogP contribution in [0.1, 0.15) is 29.7 Å². The van der Waals surface area contributed by atoms with Crippen molar-refractivity contribution in [1.29, 1.82) is 0 Å². The number of fused-ring (bicyclic) bond motifs is 1. The molecular formula is C23H24FN3O3. The van der Waals surface area contributed by atoms with Crippen molar-refractivity contribution in [2.75, 3.05) is 19.7 Å². The molecule has 2 aromatic rings. The van der Waals surface area contributed by atoms with Crippen LogP contribution >= 0.6 is 0 Å². The van der Waals surface area contributed by atoms with Crippen molar-refractivity contribution in [2.45, 2.75) is 25.9 Å². The van der Waals surface area contributed by atoms with Crippen molar-refractivity contribution in [1.82, 2.24) is 15.5 Å². The van der Waals surface area contributed by atoms with Crippen LogP contribution in [0.25, 0.3) is 0 Å². The minimum absolute atomic E-state index is 0.219. The molecule has 2 aliphatic rings. The molecule has 7 heteroatoms. The second-order valence-corrected chi connectivity index (χ2v) is 7.43. The lowest BCUT2D eigenvalue weighted by molar-refractivity contribution is -0.139. The third-order valence-electron chi connectivity index (χ3n) is 5.44. The molecule has 0 spiro atoms. The van der Waals surface area contributed by atoms with Crippen LogP contribution in [0.2, 0.25) is 0 Å². The summed E-state index contributed by atoms with van der Waals surface area (Å²) in [5.74, 6) is -0.875. The number of hydrogen-bond acceptors (Lipinski definition) is 4. The Kier molecular flexibility index (Phi) is 5.81. The van der Waals surface area contributed by atoms with Gasteiger partial charge in [-0.05, 0) is 42.2 Å². The topological polar surface area (TPSA) is 70.7 Å². The Morgan fingerprint density at radius 1 is 1.17 bits per heavy atom. The number of esters is 1. The van der Waals surface area contributed by atoms with Gasteiger partial charge in [-0.3, -0.25) is 4.90 Å². The van der Waals surface area contributed by atoms with Crippen molar-refractivity contribution in [3.8, 4) is 0 Å². The molecule has 0 fully saturated rings. The van der Waals surface area contributed by atoms with Crippen LogP contribution in [0, 0.1) is 5.82 Å². The number of carbonyl (C=O) groups excluding carboxylic acids is 2. The third kappa shape index (κ3) is 4.21. The predicted molar refractivity (Wildman–Crippen MR) is 110 cm³/mol. The van der Waals surface area contributed by atoms with E-state index in [0.717, 1.165) is 19.5 Å². The van der Waals surface area contributed by atoms with Gasteiger partial charge in [0.2, 0.25) is 0 Å². The Balaban J connectivity index is 1.67. The van der Waals surface area contributed by atoms with Gasteiger partial charge in [-0.25, -0.2) is 14.0 Å². The number of rotatable bonds is 5. The molecule has 0 bridgehead atoms. The lowest BCUT2D eigenvalue weighted by Crippen LogP contribution is -2.49. The number of benzene rings is 2. The first-order valence-corrected chi connectivity index (χ1v) is 10.1. The average Bonchev–Trinajstić information content (AvgIpc) is 2.74. The number of hydrogen-bond donors (Lipinski definition) is 2. The molecule has 6 nitrogen and oxygen atoms in total. The zero-order chi connectivity index (χ0) is 21.1. The Morgan fingerprint density at radius 2 is 1.90 bits per heavy atom. The molecule has 2 amide bonds. The fraction of sp³-hybridized carbons (Fsp3) is 0.304. The summed E-state index contributed by atoms with van der Waals surface area (Å²) in [5, 5.41) is 5.58. The zero-order valence-electron chi connectivity index (χ0n) is 16.8. The molecule has 1 unspecified atom stereocenters. The molecule has 0 aromatic heterocycles. The number of amides is 2. The molecule has 4 rings (SSSR count). The van der Waals surface area contributed by atoms with Gasteiger partial charge in [0.05, 0.1) is 18.2 Å². The second-order valence-electron chi connectivity index (χ2n) is 7.43. The fourth-order valence-corrected chi connectivity index (χ4v) is 4.01. The highest BCUT2D eigenvalue weighted by atomic mass is 19.1. The summed E-state index contributed by atoms with van der Waals surface area (Å²) in [5.41, 5.74) is 4.06. The first-order valence-electron chi connectivity index (χ1n) is 10.1. The number of carbonyl (C=O) groups is 2. The fourth-order valence-electron chi connectivity index (χ4n) is 4.01. The van der Waals surface area contributed by atoms with E-state index in [-0.39, 0.29) is 12.4 Å². The molecule has 0 saturated carbocycles. The standard InChI is InChI=1S/C23H24FN3O3/c1-2-30-22(28)20-19(14-27-12-11-15-5-3-4-6-17(15)13-27)25-23(29)26-21(20)16-7-9-18(24)10-8-16/h3-10,21H,2,11-14H2,1H3,(H2,25,26,29). The van der Waals surface area contributed by atoms with Crippen molar-refractivity contribution in [2.24, 2.45) is 0 Å². The Hall–Kier alpha value is -3.19. The minimum Gasteiger partial charge on any atom is -0.463 e. The third-order valence-corrected chi connectivity index (χ3v) is 5.44. The Morgan fingerprint density at radius 3 is 2.63 bits per heavy atom. The Bertz CT molecular complexity index is 987. The van der Waals surface area contributed by atoms with E-state index in [1.807, 2.05) is 12.1 Å². The first-order chi connectivity index (χ1) is 14.5. The molecule has 30 heavy (non-hydrogen) atoms. The number of halogens is 1. The van der Waals surface area contributed by atoms with Gasteiger partial charge in [0.1, 0.15) is 5.82 Å². The number of nitrogens with zero attached hydrogens (tertiary/aromatic N) is 1. The summed E-state index contributed by atoms with van der Waals surface area (Å²) in [6, 6.07) is 13.0. The van der Waals surface area contributed by atoms with Gasteiger partial charge < -0.3 is 15.4 Å². The van der Waals surface area contributed by atoms with Crippen LogP contribution < -0.4 is 10.6 Å². The summed E-state index contributed by atoms with van der Waals surface area (Å²) in [6.07, 6.45) is 0.909. The Labute approximate surface area is 174 Å². The van der Waals surface area contributed by atoms with E-state index in [1.165, 1.54) is 23.3 Å². The molecule has 156 valence electrons. The molecule has 1 atom stereocenters. The molecule has 2 aromatic carbocycles. The number of urea groups is 1. The summed E-state index contributed by atoms with van der Waals surface area (Å²) in [7, 11) is 0. The monoisotopic (exact) mass is 409 g/mol. The molecule has 0 aliphatic carbocycles. The maximum absolute atomic E-state index is 13.4. The number of nitrogens with one attached hydrogen (secondary N) is 2. The van der Waals surface area contributed by atoms with Gasteiger partial charge in [-0.15, -0.1) is 0 Å². The van der Waals surface area contributed by atoms with Gasteiger partial charge >= 0.3 is 12.0 Å². The van der Waals surface area contributed by atoms with Gasteiger partial charge in [0, 0.05) is 25.3 Å². The van der Waals surface area contributed by atoms with Gasteiger partial charge in [-0.2, -0.15) is 0 Å². The van der Waals surface area contributed by atoms with E-state index < -0.39 is 18.0 Å². The summed E-state index contributed by atoms with van der Waals surface area (Å²) in [4.78, 5) is 27.4. The summed E-state index contributed by atoms with van der Waals surface area (Å²) < 4.78 is 18.7. The summed E-state index contributed by atoms with van der Waals surface area (Å²) >= 11 is 0. The van der Waals surface area contributed by atoms with Crippen LogP contribution in [0.4, 0.5) is 9.18 Å². The maximum atomic E-state index is 13.4. The highest BCUT2D eigenvalue weighted by Gasteiger charge is 2.34. The van der Waals surface area contributed by atoms with Crippen molar-refractivity contribution >= 4 is 12.0 Å². The normalized spacial score (nSPS) is 19.0. The molecule has 2 aliphatic heterocycles. The minimum atomic E-state index is -0.703. The van der Waals surface area contributed by atoms with Gasteiger partial charge in [-0.1, -0.05) is 36.4 Å². The van der Waals surface area contributed by atoms with E-state index >= 15 is 0 Å². The quantitative estimate of drug-likeness (QED) is 0.745. The predicted octanol–water partition coefficient (Wildman–Crippen LogP) is 3.06. The smallest absolute Gasteiger partial charge is 0.338 e. The van der Waals surface area contributed by atoms with Crippen molar-refractivity contribution in [3.63, 3.8) is 0 Å². The van der Waals surface area contributed by atoms with Crippen LogP contribution in [0.3, 0.4) is 0 Å². The second kappa shape index (κ2) is 8.67. The van der Waals surface area contributed by atoms with Gasteiger partial charge in [0.15, 0.2) is 0 Å². The van der Waals surface area contributed by atoms with Crippen LogP contribution in [-0.2, 0) is 22.5 Å². The van der Waals surface area contributed by atoms with Crippen LogP contribution in [0.15, 0.2) is 59.8 Å². The summed E-state index contributed by atoms with van der Waals surface area (Å²) in [6.45, 7) is 3.92. The maximum Gasteiger partial charge on any atom is 0.338 e. The largest absolute Gasteiger partial charge is 0.463 e. The van der Waals surface area contributed by atoms with E-state index in [2.05, 4.69) is 27.7 Å². The van der Waals surface area contributed by atoms with Crippen LogP contribution in [0.5, 0.6) is 0 Å². The van der Waals surface area contributed by atoms with Crippen molar-refractivity contribution in [3.05, 3.63) is 82.3 Å². The first kappa shape index (κ1) is 20.1. The van der Waals surface area contributed by atoms with Gasteiger partial charge in [0.25, 0.3) is 0 Å². The van der Waals surface area contributed by atoms with E-state index in [9.17, 15) is 14.0 Å².